The highest BCUT2D eigenvalue weighted by Crippen LogP contribution is 2.15. The van der Waals surface area contributed by atoms with E-state index in [1.165, 1.54) is 17.8 Å². The van der Waals surface area contributed by atoms with Crippen LogP contribution in [0.5, 0.6) is 0 Å². The molecule has 2 aromatic heterocycles. The third-order valence-electron chi connectivity index (χ3n) is 2.52. The summed E-state index contributed by atoms with van der Waals surface area (Å²) in [7, 11) is 0. The van der Waals surface area contributed by atoms with Crippen molar-refractivity contribution >= 4 is 17.2 Å². The van der Waals surface area contributed by atoms with Crippen LogP contribution < -0.4 is 5.32 Å². The standard InChI is InChI=1S/C13H11N3OS/c1-9-4-5-18-12(9)8-16-13(17)10-2-3-11(6-14)15-7-10/h2-5,7H,8H2,1H3,(H,16,17). The molecule has 2 heterocycles. The molecule has 1 N–H and O–H groups in total. The molecule has 0 aliphatic carbocycles. The summed E-state index contributed by atoms with van der Waals surface area (Å²) in [6.07, 6.45) is 1.41. The highest BCUT2D eigenvalue weighted by Gasteiger charge is 2.07. The summed E-state index contributed by atoms with van der Waals surface area (Å²) in [5, 5.41) is 13.4. The number of aromatic nitrogens is 1. The number of hydrogen-bond donors (Lipinski definition) is 1. The number of nitriles is 1. The van der Waals surface area contributed by atoms with Gasteiger partial charge in [0.2, 0.25) is 0 Å². The molecule has 0 aliphatic rings. The van der Waals surface area contributed by atoms with Crippen LogP contribution in [0, 0.1) is 18.3 Å². The Morgan fingerprint density at radius 1 is 1.50 bits per heavy atom. The first kappa shape index (κ1) is 12.3. The maximum atomic E-state index is 11.8. The van der Waals surface area contributed by atoms with Gasteiger partial charge in [-0.05, 0) is 36.1 Å². The molecule has 0 radical (unpaired) electrons. The topological polar surface area (TPSA) is 65.8 Å². The normalized spacial score (nSPS) is 9.78. The predicted molar refractivity (Wildman–Crippen MR) is 69.2 cm³/mol. The van der Waals surface area contributed by atoms with Crippen LogP contribution in [0.1, 0.15) is 26.5 Å². The summed E-state index contributed by atoms with van der Waals surface area (Å²) in [6.45, 7) is 2.53. The Labute approximate surface area is 109 Å². The van der Waals surface area contributed by atoms with Crippen LogP contribution in [-0.2, 0) is 6.54 Å². The molecule has 0 bridgehead atoms. The Morgan fingerprint density at radius 2 is 2.33 bits per heavy atom. The molecule has 2 rings (SSSR count). The van der Waals surface area contributed by atoms with Gasteiger partial charge in [-0.2, -0.15) is 5.26 Å². The zero-order valence-corrected chi connectivity index (χ0v) is 10.6. The summed E-state index contributed by atoms with van der Waals surface area (Å²) >= 11 is 1.62. The lowest BCUT2D eigenvalue weighted by atomic mass is 10.2. The van der Waals surface area contributed by atoms with Gasteiger partial charge in [-0.15, -0.1) is 11.3 Å². The number of thiophene rings is 1. The third kappa shape index (κ3) is 2.73. The molecule has 18 heavy (non-hydrogen) atoms. The van der Waals surface area contributed by atoms with Gasteiger partial charge in [-0.3, -0.25) is 4.79 Å². The minimum absolute atomic E-state index is 0.181. The van der Waals surface area contributed by atoms with Crippen molar-refractivity contribution in [1.82, 2.24) is 10.3 Å². The molecule has 0 spiro atoms. The predicted octanol–water partition coefficient (Wildman–Crippen LogP) is 2.25. The lowest BCUT2D eigenvalue weighted by Crippen LogP contribution is -2.22. The van der Waals surface area contributed by atoms with E-state index in [2.05, 4.69) is 10.3 Å². The zero-order valence-electron chi connectivity index (χ0n) is 9.80. The van der Waals surface area contributed by atoms with Gasteiger partial charge < -0.3 is 5.32 Å². The monoisotopic (exact) mass is 257 g/mol. The lowest BCUT2D eigenvalue weighted by molar-refractivity contribution is 0.0951. The molecular formula is C13H11N3OS. The van der Waals surface area contributed by atoms with Crippen LogP contribution in [0.25, 0.3) is 0 Å². The van der Waals surface area contributed by atoms with Crippen molar-refractivity contribution in [3.63, 3.8) is 0 Å². The van der Waals surface area contributed by atoms with Gasteiger partial charge in [0.25, 0.3) is 5.91 Å². The molecule has 1 amide bonds. The number of pyridine rings is 1. The lowest BCUT2D eigenvalue weighted by Gasteiger charge is -2.04. The average molecular weight is 257 g/mol. The van der Waals surface area contributed by atoms with Crippen LogP contribution >= 0.6 is 11.3 Å². The first-order valence-electron chi connectivity index (χ1n) is 5.38. The Kier molecular flexibility index (Phi) is 3.70. The fourth-order valence-electron chi connectivity index (χ4n) is 1.44. The summed E-state index contributed by atoms with van der Waals surface area (Å²) < 4.78 is 0. The number of carbonyl (C=O) groups excluding carboxylic acids is 1. The van der Waals surface area contributed by atoms with Gasteiger partial charge in [0.05, 0.1) is 12.1 Å². The van der Waals surface area contributed by atoms with E-state index in [1.807, 2.05) is 24.4 Å². The van der Waals surface area contributed by atoms with Crippen LogP contribution in [0.2, 0.25) is 0 Å². The van der Waals surface area contributed by atoms with Crippen LogP contribution in [0.4, 0.5) is 0 Å². The molecule has 0 saturated heterocycles. The van der Waals surface area contributed by atoms with Crippen molar-refractivity contribution in [2.75, 3.05) is 0 Å². The van der Waals surface area contributed by atoms with E-state index in [0.717, 1.165) is 4.88 Å². The van der Waals surface area contributed by atoms with Crippen LogP contribution in [0.3, 0.4) is 0 Å². The maximum Gasteiger partial charge on any atom is 0.253 e. The van der Waals surface area contributed by atoms with Gasteiger partial charge in [-0.1, -0.05) is 0 Å². The van der Waals surface area contributed by atoms with E-state index < -0.39 is 0 Å². The van der Waals surface area contributed by atoms with Crippen molar-refractivity contribution in [1.29, 1.82) is 5.26 Å². The molecule has 90 valence electrons. The van der Waals surface area contributed by atoms with E-state index in [1.54, 1.807) is 17.4 Å². The first-order chi connectivity index (χ1) is 8.70. The van der Waals surface area contributed by atoms with Crippen molar-refractivity contribution in [3.05, 3.63) is 51.5 Å². The number of carbonyl (C=O) groups is 1. The Hall–Kier alpha value is -2.19. The second-order valence-corrected chi connectivity index (χ2v) is 4.75. The van der Waals surface area contributed by atoms with Crippen molar-refractivity contribution in [2.24, 2.45) is 0 Å². The largest absolute Gasteiger partial charge is 0.347 e. The van der Waals surface area contributed by atoms with Crippen molar-refractivity contribution < 1.29 is 4.79 Å². The smallest absolute Gasteiger partial charge is 0.253 e. The van der Waals surface area contributed by atoms with Gasteiger partial charge in [0.15, 0.2) is 0 Å². The summed E-state index contributed by atoms with van der Waals surface area (Å²) in [5.41, 5.74) is 1.95. The number of amides is 1. The van der Waals surface area contributed by atoms with Gasteiger partial charge in [-0.25, -0.2) is 4.98 Å². The summed E-state index contributed by atoms with van der Waals surface area (Å²) in [4.78, 5) is 16.8. The quantitative estimate of drug-likeness (QED) is 0.917. The molecule has 5 heteroatoms. The van der Waals surface area contributed by atoms with Gasteiger partial charge >= 0.3 is 0 Å². The molecule has 4 nitrogen and oxygen atoms in total. The van der Waals surface area contributed by atoms with Crippen LogP contribution in [0.15, 0.2) is 29.8 Å². The van der Waals surface area contributed by atoms with Crippen LogP contribution in [-0.4, -0.2) is 10.9 Å². The minimum atomic E-state index is -0.181. The van der Waals surface area contributed by atoms with Crippen molar-refractivity contribution in [3.8, 4) is 6.07 Å². The highest BCUT2D eigenvalue weighted by atomic mass is 32.1. The second kappa shape index (κ2) is 5.43. The van der Waals surface area contributed by atoms with Gasteiger partial charge in [0.1, 0.15) is 11.8 Å². The second-order valence-electron chi connectivity index (χ2n) is 3.75. The van der Waals surface area contributed by atoms with E-state index in [0.29, 0.717) is 17.8 Å². The number of hydrogen-bond acceptors (Lipinski definition) is 4. The fraction of sp³-hybridized carbons (Fsp3) is 0.154. The molecule has 0 aromatic carbocycles. The summed E-state index contributed by atoms with van der Waals surface area (Å²) in [6, 6.07) is 7.07. The Balaban J connectivity index is 2.00. The molecule has 0 fully saturated rings. The van der Waals surface area contributed by atoms with E-state index in [-0.39, 0.29) is 5.91 Å². The Bertz CT molecular complexity index is 595. The average Bonchev–Trinajstić information content (AvgIpc) is 2.81. The number of nitrogens with one attached hydrogen (secondary N) is 1. The number of aryl methyl sites for hydroxylation is 1. The third-order valence-corrected chi connectivity index (χ3v) is 3.54. The molecule has 0 atom stereocenters. The molecule has 0 unspecified atom stereocenters. The van der Waals surface area contributed by atoms with E-state index >= 15 is 0 Å². The van der Waals surface area contributed by atoms with E-state index in [9.17, 15) is 4.79 Å². The highest BCUT2D eigenvalue weighted by molar-refractivity contribution is 7.10. The molecule has 2 aromatic rings. The number of rotatable bonds is 3. The molecular weight excluding hydrogens is 246 g/mol. The summed E-state index contributed by atoms with van der Waals surface area (Å²) in [5.74, 6) is -0.181. The van der Waals surface area contributed by atoms with Crippen molar-refractivity contribution in [2.45, 2.75) is 13.5 Å². The maximum absolute atomic E-state index is 11.8. The zero-order chi connectivity index (χ0) is 13.0. The van der Waals surface area contributed by atoms with Gasteiger partial charge in [0, 0.05) is 11.1 Å². The first-order valence-corrected chi connectivity index (χ1v) is 6.26. The Morgan fingerprint density at radius 3 is 2.89 bits per heavy atom. The minimum Gasteiger partial charge on any atom is -0.347 e. The fourth-order valence-corrected chi connectivity index (χ4v) is 2.29. The molecule has 0 saturated carbocycles. The molecule has 0 aliphatic heterocycles. The van der Waals surface area contributed by atoms with E-state index in [4.69, 9.17) is 5.26 Å². The SMILES string of the molecule is Cc1ccsc1CNC(=O)c1ccc(C#N)nc1. The number of nitrogens with zero attached hydrogens (tertiary/aromatic N) is 2.